The number of alkyl halides is 3. The van der Waals surface area contributed by atoms with Crippen molar-refractivity contribution in [2.75, 3.05) is 5.32 Å². The molecule has 1 amide bonds. The van der Waals surface area contributed by atoms with Crippen LogP contribution in [0.25, 0.3) is 0 Å². The molecule has 0 aromatic heterocycles. The minimum Gasteiger partial charge on any atom is -0.325 e. The average molecular weight is 324 g/mol. The van der Waals surface area contributed by atoms with E-state index in [-0.39, 0.29) is 5.69 Å². The number of carbonyl (C=O) groups excluding carboxylic acids is 1. The molecule has 0 saturated heterocycles. The third-order valence-electron chi connectivity index (χ3n) is 2.22. The summed E-state index contributed by atoms with van der Waals surface area (Å²) in [6, 6.07) is 3.63. The van der Waals surface area contributed by atoms with Crippen molar-refractivity contribution in [2.24, 2.45) is 5.41 Å². The van der Waals surface area contributed by atoms with Gasteiger partial charge >= 0.3 is 6.18 Å². The monoisotopic (exact) mass is 323 g/mol. The van der Waals surface area contributed by atoms with E-state index in [1.807, 2.05) is 0 Å². The van der Waals surface area contributed by atoms with Gasteiger partial charge in [0.15, 0.2) is 0 Å². The first-order chi connectivity index (χ1) is 8.01. The van der Waals surface area contributed by atoms with E-state index in [2.05, 4.69) is 21.2 Å². The molecule has 18 heavy (non-hydrogen) atoms. The summed E-state index contributed by atoms with van der Waals surface area (Å²) in [7, 11) is 0. The molecule has 1 rings (SSSR count). The number of benzene rings is 1. The summed E-state index contributed by atoms with van der Waals surface area (Å²) in [6.45, 7) is 4.90. The van der Waals surface area contributed by atoms with E-state index in [1.54, 1.807) is 20.8 Å². The lowest BCUT2D eigenvalue weighted by Gasteiger charge is -2.20. The largest absolute Gasteiger partial charge is 0.418 e. The molecule has 1 aromatic carbocycles. The van der Waals surface area contributed by atoms with Crippen molar-refractivity contribution < 1.29 is 18.0 Å². The van der Waals surface area contributed by atoms with Gasteiger partial charge in [-0.05, 0) is 18.2 Å². The molecule has 0 heterocycles. The number of rotatable bonds is 1. The lowest BCUT2D eigenvalue weighted by molar-refractivity contribution is -0.137. The molecule has 1 N–H and O–H groups in total. The Kier molecular flexibility index (Phi) is 4.10. The highest BCUT2D eigenvalue weighted by Crippen LogP contribution is 2.37. The van der Waals surface area contributed by atoms with Gasteiger partial charge in [0.05, 0.1) is 11.3 Å². The zero-order chi connectivity index (χ0) is 14.1. The van der Waals surface area contributed by atoms with E-state index in [0.29, 0.717) is 4.47 Å². The second kappa shape index (κ2) is 4.91. The Morgan fingerprint density at radius 1 is 1.22 bits per heavy atom. The molecule has 0 spiro atoms. The second-order valence-electron chi connectivity index (χ2n) is 4.89. The number of carbonyl (C=O) groups is 1. The molecule has 0 saturated carbocycles. The topological polar surface area (TPSA) is 29.1 Å². The molecule has 1 aromatic rings. The Hall–Kier alpha value is -1.04. The highest BCUT2D eigenvalue weighted by Gasteiger charge is 2.35. The van der Waals surface area contributed by atoms with Crippen LogP contribution in [-0.2, 0) is 11.0 Å². The van der Waals surface area contributed by atoms with Gasteiger partial charge in [0.2, 0.25) is 5.91 Å². The van der Waals surface area contributed by atoms with Crippen molar-refractivity contribution in [3.63, 3.8) is 0 Å². The van der Waals surface area contributed by atoms with Crippen molar-refractivity contribution in [1.29, 1.82) is 0 Å². The normalized spacial score (nSPS) is 12.4. The Morgan fingerprint density at radius 2 is 1.78 bits per heavy atom. The maximum absolute atomic E-state index is 12.8. The average Bonchev–Trinajstić information content (AvgIpc) is 2.17. The van der Waals surface area contributed by atoms with Crippen LogP contribution in [0.1, 0.15) is 26.3 Å². The summed E-state index contributed by atoms with van der Waals surface area (Å²) in [6.07, 6.45) is -4.51. The lowest BCUT2D eigenvalue weighted by atomic mass is 9.95. The molecule has 0 atom stereocenters. The molecule has 0 aliphatic rings. The molecule has 0 fully saturated rings. The molecule has 100 valence electrons. The SMILES string of the molecule is CC(C)(C)C(=O)Nc1ccc(Br)cc1C(F)(F)F. The third-order valence-corrected chi connectivity index (χ3v) is 2.71. The molecule has 6 heteroatoms. The number of amides is 1. The molecule has 0 radical (unpaired) electrons. The van der Waals surface area contributed by atoms with Gasteiger partial charge in [-0.2, -0.15) is 13.2 Å². The van der Waals surface area contributed by atoms with E-state index in [4.69, 9.17) is 0 Å². The molecule has 0 aliphatic heterocycles. The summed E-state index contributed by atoms with van der Waals surface area (Å²) in [5, 5.41) is 2.30. The van der Waals surface area contributed by atoms with Gasteiger partial charge in [-0.1, -0.05) is 36.7 Å². The Morgan fingerprint density at radius 3 is 2.22 bits per heavy atom. The molecular formula is C12H13BrF3NO. The molecule has 2 nitrogen and oxygen atoms in total. The van der Waals surface area contributed by atoms with E-state index in [0.717, 1.165) is 6.07 Å². The van der Waals surface area contributed by atoms with Crippen LogP contribution in [0.4, 0.5) is 18.9 Å². The second-order valence-corrected chi connectivity index (χ2v) is 5.81. The van der Waals surface area contributed by atoms with E-state index in [1.165, 1.54) is 12.1 Å². The molecule has 0 aliphatic carbocycles. The fraction of sp³-hybridized carbons (Fsp3) is 0.417. The van der Waals surface area contributed by atoms with Crippen LogP contribution in [0.5, 0.6) is 0 Å². The minimum atomic E-state index is -4.51. The van der Waals surface area contributed by atoms with Crippen molar-refractivity contribution in [3.8, 4) is 0 Å². The number of halogens is 4. The molecule has 0 unspecified atom stereocenters. The number of hydrogen-bond acceptors (Lipinski definition) is 1. The lowest BCUT2D eigenvalue weighted by Crippen LogP contribution is -2.28. The standard InChI is InChI=1S/C12H13BrF3NO/c1-11(2,3)10(18)17-9-5-4-7(13)6-8(9)12(14,15)16/h4-6H,1-3H3,(H,17,18). The fourth-order valence-corrected chi connectivity index (χ4v) is 1.53. The van der Waals surface area contributed by atoms with Crippen LogP contribution in [-0.4, -0.2) is 5.91 Å². The minimum absolute atomic E-state index is 0.231. The Balaban J connectivity index is 3.14. The van der Waals surface area contributed by atoms with Gasteiger partial charge in [0.1, 0.15) is 0 Å². The first-order valence-corrected chi connectivity index (χ1v) is 5.99. The first-order valence-electron chi connectivity index (χ1n) is 5.20. The van der Waals surface area contributed by atoms with Gasteiger partial charge in [0.25, 0.3) is 0 Å². The number of nitrogens with one attached hydrogen (secondary N) is 1. The smallest absolute Gasteiger partial charge is 0.325 e. The molecule has 0 bridgehead atoms. The third kappa shape index (κ3) is 3.73. The van der Waals surface area contributed by atoms with Crippen LogP contribution < -0.4 is 5.32 Å². The summed E-state index contributed by atoms with van der Waals surface area (Å²) < 4.78 is 38.7. The maximum Gasteiger partial charge on any atom is 0.418 e. The van der Waals surface area contributed by atoms with Crippen molar-refractivity contribution in [1.82, 2.24) is 0 Å². The Labute approximate surface area is 112 Å². The quantitative estimate of drug-likeness (QED) is 0.812. The van der Waals surface area contributed by atoms with Crippen LogP contribution >= 0.6 is 15.9 Å². The van der Waals surface area contributed by atoms with E-state index < -0.39 is 23.1 Å². The predicted molar refractivity (Wildman–Crippen MR) is 67.2 cm³/mol. The number of anilines is 1. The zero-order valence-electron chi connectivity index (χ0n) is 10.2. The molecular weight excluding hydrogens is 311 g/mol. The van der Waals surface area contributed by atoms with Gasteiger partial charge < -0.3 is 5.32 Å². The van der Waals surface area contributed by atoms with Gasteiger partial charge in [-0.15, -0.1) is 0 Å². The van der Waals surface area contributed by atoms with E-state index >= 15 is 0 Å². The highest BCUT2D eigenvalue weighted by molar-refractivity contribution is 9.10. The fourth-order valence-electron chi connectivity index (χ4n) is 1.17. The van der Waals surface area contributed by atoms with Crippen LogP contribution in [0.15, 0.2) is 22.7 Å². The summed E-state index contributed by atoms with van der Waals surface area (Å²) in [5.41, 5.74) is -1.85. The van der Waals surface area contributed by atoms with Crippen LogP contribution in [0.2, 0.25) is 0 Å². The highest BCUT2D eigenvalue weighted by atomic mass is 79.9. The van der Waals surface area contributed by atoms with Gasteiger partial charge in [0, 0.05) is 9.89 Å². The van der Waals surface area contributed by atoms with Crippen molar-refractivity contribution in [3.05, 3.63) is 28.2 Å². The van der Waals surface area contributed by atoms with Gasteiger partial charge in [-0.25, -0.2) is 0 Å². The summed E-state index contributed by atoms with van der Waals surface area (Å²) in [4.78, 5) is 11.7. The zero-order valence-corrected chi connectivity index (χ0v) is 11.7. The van der Waals surface area contributed by atoms with Crippen molar-refractivity contribution >= 4 is 27.5 Å². The summed E-state index contributed by atoms with van der Waals surface area (Å²) in [5.74, 6) is -0.463. The van der Waals surface area contributed by atoms with Gasteiger partial charge in [-0.3, -0.25) is 4.79 Å². The van der Waals surface area contributed by atoms with E-state index in [9.17, 15) is 18.0 Å². The van der Waals surface area contributed by atoms with Crippen LogP contribution in [0, 0.1) is 5.41 Å². The summed E-state index contributed by atoms with van der Waals surface area (Å²) >= 11 is 2.98. The number of hydrogen-bond donors (Lipinski definition) is 1. The van der Waals surface area contributed by atoms with Crippen LogP contribution in [0.3, 0.4) is 0 Å². The maximum atomic E-state index is 12.8. The predicted octanol–water partition coefficient (Wildman–Crippen LogP) is 4.45. The van der Waals surface area contributed by atoms with Crippen molar-refractivity contribution in [2.45, 2.75) is 26.9 Å². The Bertz CT molecular complexity index is 463. The first kappa shape index (κ1) is 15.0.